The molecule has 0 aromatic carbocycles. The topological polar surface area (TPSA) is 83.8 Å². The van der Waals surface area contributed by atoms with Gasteiger partial charge in [0, 0.05) is 6.42 Å². The van der Waals surface area contributed by atoms with Gasteiger partial charge >= 0.3 is 11.9 Å². The summed E-state index contributed by atoms with van der Waals surface area (Å²) in [6.45, 7) is 2.25. The minimum Gasteiger partial charge on any atom is -0.479 e. The summed E-state index contributed by atoms with van der Waals surface area (Å²) in [6.07, 6.45) is 2.92. The molecule has 0 radical (unpaired) electrons. The number of carboxylic acid groups (broad SMARTS) is 1. The zero-order valence-corrected chi connectivity index (χ0v) is 8.94. The highest BCUT2D eigenvalue weighted by atomic mass is 16.5. The zero-order valence-electron chi connectivity index (χ0n) is 8.94. The third kappa shape index (κ3) is 7.93. The van der Waals surface area contributed by atoms with Crippen molar-refractivity contribution in [2.45, 2.75) is 45.1 Å². The number of carbonyl (C=O) groups is 2. The molecule has 15 heavy (non-hydrogen) atoms. The average molecular weight is 218 g/mol. The molecule has 0 spiro atoms. The molecule has 88 valence electrons. The average Bonchev–Trinajstić information content (AvgIpc) is 2.45. The fourth-order valence-corrected chi connectivity index (χ4v) is 0.981. The summed E-state index contributed by atoms with van der Waals surface area (Å²) < 4.78 is 4.76. The maximum absolute atomic E-state index is 10.5. The van der Waals surface area contributed by atoms with Gasteiger partial charge in [-0.2, -0.15) is 0 Å². The molecule has 1 heterocycles. The molecule has 0 aromatic heterocycles. The van der Waals surface area contributed by atoms with E-state index in [1.807, 2.05) is 0 Å². The third-order valence-corrected chi connectivity index (χ3v) is 1.96. The number of esters is 1. The van der Waals surface area contributed by atoms with Crippen molar-refractivity contribution in [2.24, 2.45) is 0 Å². The largest absolute Gasteiger partial charge is 0.479 e. The van der Waals surface area contributed by atoms with E-state index in [1.54, 1.807) is 6.92 Å². The molecule has 0 aromatic rings. The van der Waals surface area contributed by atoms with Crippen molar-refractivity contribution in [2.75, 3.05) is 6.61 Å². The Bertz CT molecular complexity index is 192. The summed E-state index contributed by atoms with van der Waals surface area (Å²) >= 11 is 0. The summed E-state index contributed by atoms with van der Waals surface area (Å²) in [5.41, 5.74) is 0. The Labute approximate surface area is 89.0 Å². The van der Waals surface area contributed by atoms with E-state index >= 15 is 0 Å². The van der Waals surface area contributed by atoms with Gasteiger partial charge in [0.15, 0.2) is 6.10 Å². The van der Waals surface area contributed by atoms with Crippen LogP contribution in [0.5, 0.6) is 0 Å². The van der Waals surface area contributed by atoms with E-state index in [9.17, 15) is 9.59 Å². The van der Waals surface area contributed by atoms with Gasteiger partial charge in [0.1, 0.15) is 0 Å². The highest BCUT2D eigenvalue weighted by molar-refractivity contribution is 5.71. The maximum atomic E-state index is 10.5. The van der Waals surface area contributed by atoms with E-state index in [1.165, 1.54) is 0 Å². The molecule has 0 aliphatic carbocycles. The second-order valence-corrected chi connectivity index (χ2v) is 3.29. The first-order chi connectivity index (χ1) is 7.07. The molecule has 1 atom stereocenters. The number of carboxylic acids is 1. The van der Waals surface area contributed by atoms with Gasteiger partial charge in [0.2, 0.25) is 0 Å². The second-order valence-electron chi connectivity index (χ2n) is 3.29. The van der Waals surface area contributed by atoms with E-state index < -0.39 is 12.1 Å². The quantitative estimate of drug-likeness (QED) is 0.674. The SMILES string of the molecule is CCC(O)C(=O)O.O=C1CCCCCO1. The van der Waals surface area contributed by atoms with Gasteiger partial charge in [-0.1, -0.05) is 6.92 Å². The Morgan fingerprint density at radius 1 is 1.47 bits per heavy atom. The molecule has 1 fully saturated rings. The number of aliphatic hydroxyl groups excluding tert-OH is 1. The lowest BCUT2D eigenvalue weighted by molar-refractivity contribution is -0.146. The molecule has 1 aliphatic heterocycles. The predicted octanol–water partition coefficient (Wildman–Crippen LogP) is 0.945. The third-order valence-electron chi connectivity index (χ3n) is 1.96. The minimum atomic E-state index is -1.18. The molecule has 1 rings (SSSR count). The van der Waals surface area contributed by atoms with Crippen molar-refractivity contribution >= 4 is 11.9 Å². The minimum absolute atomic E-state index is 0.0255. The molecular weight excluding hydrogens is 200 g/mol. The number of ether oxygens (including phenoxy) is 1. The molecule has 0 amide bonds. The maximum Gasteiger partial charge on any atom is 0.332 e. The van der Waals surface area contributed by atoms with Gasteiger partial charge in [-0.05, 0) is 25.7 Å². The van der Waals surface area contributed by atoms with E-state index in [-0.39, 0.29) is 12.4 Å². The molecular formula is C10H18O5. The fourth-order valence-electron chi connectivity index (χ4n) is 0.981. The first-order valence-corrected chi connectivity index (χ1v) is 5.14. The lowest BCUT2D eigenvalue weighted by atomic mass is 10.2. The van der Waals surface area contributed by atoms with Gasteiger partial charge < -0.3 is 14.9 Å². The van der Waals surface area contributed by atoms with Gasteiger partial charge in [0.05, 0.1) is 6.61 Å². The van der Waals surface area contributed by atoms with E-state index in [0.29, 0.717) is 13.0 Å². The van der Waals surface area contributed by atoms with Crippen LogP contribution in [0.3, 0.4) is 0 Å². The summed E-state index contributed by atoms with van der Waals surface area (Å²) in [7, 11) is 0. The van der Waals surface area contributed by atoms with Crippen molar-refractivity contribution in [1.29, 1.82) is 0 Å². The Balaban J connectivity index is 0.000000265. The number of aliphatic hydroxyl groups is 1. The Morgan fingerprint density at radius 3 is 2.60 bits per heavy atom. The Morgan fingerprint density at radius 2 is 2.13 bits per heavy atom. The van der Waals surface area contributed by atoms with Gasteiger partial charge in [0.25, 0.3) is 0 Å². The van der Waals surface area contributed by atoms with Gasteiger partial charge in [-0.25, -0.2) is 4.79 Å². The smallest absolute Gasteiger partial charge is 0.332 e. The fraction of sp³-hybridized carbons (Fsp3) is 0.800. The van der Waals surface area contributed by atoms with Crippen LogP contribution in [0.4, 0.5) is 0 Å². The van der Waals surface area contributed by atoms with Gasteiger partial charge in [-0.3, -0.25) is 4.79 Å². The van der Waals surface area contributed by atoms with Gasteiger partial charge in [-0.15, -0.1) is 0 Å². The van der Waals surface area contributed by atoms with Crippen LogP contribution >= 0.6 is 0 Å². The molecule has 1 unspecified atom stereocenters. The molecule has 1 saturated heterocycles. The number of cyclic esters (lactones) is 1. The van der Waals surface area contributed by atoms with Crippen LogP contribution in [0, 0.1) is 0 Å². The van der Waals surface area contributed by atoms with E-state index in [0.717, 1.165) is 19.3 Å². The van der Waals surface area contributed by atoms with Crippen LogP contribution in [0.2, 0.25) is 0 Å². The first kappa shape index (κ1) is 13.9. The molecule has 2 N–H and O–H groups in total. The summed E-state index contributed by atoms with van der Waals surface area (Å²) in [5, 5.41) is 16.3. The number of hydrogen-bond acceptors (Lipinski definition) is 4. The van der Waals surface area contributed by atoms with Crippen LogP contribution in [-0.2, 0) is 14.3 Å². The van der Waals surface area contributed by atoms with Crippen LogP contribution in [0.1, 0.15) is 39.0 Å². The van der Waals surface area contributed by atoms with Crippen LogP contribution < -0.4 is 0 Å². The zero-order chi connectivity index (χ0) is 11.7. The molecule has 0 bridgehead atoms. The van der Waals surface area contributed by atoms with Crippen LogP contribution in [0.15, 0.2) is 0 Å². The number of rotatable bonds is 2. The number of aliphatic carboxylic acids is 1. The summed E-state index contributed by atoms with van der Waals surface area (Å²) in [5.74, 6) is -1.18. The normalized spacial score (nSPS) is 17.9. The standard InChI is InChI=1S/C6H10O2.C4H8O3/c7-6-4-2-1-3-5-8-6;1-2-3(5)4(6)7/h1-5H2;3,5H,2H2,1H3,(H,6,7). The first-order valence-electron chi connectivity index (χ1n) is 5.14. The van der Waals surface area contributed by atoms with Crippen molar-refractivity contribution in [3.8, 4) is 0 Å². The van der Waals surface area contributed by atoms with Crippen molar-refractivity contribution < 1.29 is 24.5 Å². The summed E-state index contributed by atoms with van der Waals surface area (Å²) in [4.78, 5) is 20.1. The highest BCUT2D eigenvalue weighted by Crippen LogP contribution is 2.06. The van der Waals surface area contributed by atoms with E-state index in [4.69, 9.17) is 14.9 Å². The van der Waals surface area contributed by atoms with Crippen LogP contribution in [-0.4, -0.2) is 34.9 Å². The lowest BCUT2D eigenvalue weighted by Crippen LogP contribution is -2.17. The molecule has 1 aliphatic rings. The second kappa shape index (κ2) is 8.23. The van der Waals surface area contributed by atoms with Crippen LogP contribution in [0.25, 0.3) is 0 Å². The molecule has 0 saturated carbocycles. The number of carbonyl (C=O) groups excluding carboxylic acids is 1. The van der Waals surface area contributed by atoms with Crippen molar-refractivity contribution in [3.05, 3.63) is 0 Å². The monoisotopic (exact) mass is 218 g/mol. The Hall–Kier alpha value is -1.10. The molecule has 5 heteroatoms. The highest BCUT2D eigenvalue weighted by Gasteiger charge is 2.07. The predicted molar refractivity (Wildman–Crippen MR) is 53.4 cm³/mol. The lowest BCUT2D eigenvalue weighted by Gasteiger charge is -1.95. The van der Waals surface area contributed by atoms with Crippen molar-refractivity contribution in [1.82, 2.24) is 0 Å². The number of hydrogen-bond donors (Lipinski definition) is 2. The van der Waals surface area contributed by atoms with Crippen molar-refractivity contribution in [3.63, 3.8) is 0 Å². The summed E-state index contributed by atoms with van der Waals surface area (Å²) in [6, 6.07) is 0. The Kier molecular flexibility index (Phi) is 7.62. The van der Waals surface area contributed by atoms with E-state index in [2.05, 4.69) is 0 Å². The molecule has 5 nitrogen and oxygen atoms in total.